The van der Waals surface area contributed by atoms with Gasteiger partial charge in [0.1, 0.15) is 11.2 Å². The van der Waals surface area contributed by atoms with Crippen molar-refractivity contribution in [1.82, 2.24) is 4.98 Å². The molecular formula is C9H5FN2O3. The van der Waals surface area contributed by atoms with E-state index in [0.717, 1.165) is 12.3 Å². The van der Waals surface area contributed by atoms with E-state index in [1.165, 1.54) is 12.1 Å². The molecule has 0 atom stereocenters. The first-order chi connectivity index (χ1) is 7.11. The SMILES string of the molecule is O=c1[nH]cc([N+](=O)[O-])c2c(F)cccc12. The van der Waals surface area contributed by atoms with E-state index in [1.54, 1.807) is 0 Å². The first kappa shape index (κ1) is 9.32. The molecular weight excluding hydrogens is 203 g/mol. The molecule has 0 fully saturated rings. The summed E-state index contributed by atoms with van der Waals surface area (Å²) in [6, 6.07) is 3.75. The molecule has 0 aliphatic rings. The van der Waals surface area contributed by atoms with Gasteiger partial charge in [-0.3, -0.25) is 14.9 Å². The van der Waals surface area contributed by atoms with Crippen molar-refractivity contribution in [3.8, 4) is 0 Å². The number of rotatable bonds is 1. The standard InChI is InChI=1S/C9H5FN2O3/c10-6-3-1-2-5-8(6)7(12(14)15)4-11-9(5)13/h1-4H,(H,11,13). The number of aromatic amines is 1. The number of benzene rings is 1. The van der Waals surface area contributed by atoms with Gasteiger partial charge >= 0.3 is 0 Å². The summed E-state index contributed by atoms with van der Waals surface area (Å²) < 4.78 is 13.3. The number of nitrogens with zero attached hydrogens (tertiary/aromatic N) is 1. The molecule has 76 valence electrons. The Morgan fingerprint density at radius 1 is 1.40 bits per heavy atom. The molecule has 0 aliphatic heterocycles. The Kier molecular flexibility index (Phi) is 1.96. The third-order valence-corrected chi connectivity index (χ3v) is 2.05. The van der Waals surface area contributed by atoms with Crippen molar-refractivity contribution in [2.45, 2.75) is 0 Å². The quantitative estimate of drug-likeness (QED) is 0.570. The van der Waals surface area contributed by atoms with Crippen LogP contribution < -0.4 is 5.56 Å². The molecule has 0 radical (unpaired) electrons. The topological polar surface area (TPSA) is 76.0 Å². The lowest BCUT2D eigenvalue weighted by atomic mass is 10.1. The predicted octanol–water partition coefficient (Wildman–Crippen LogP) is 1.58. The van der Waals surface area contributed by atoms with Gasteiger partial charge in [-0.1, -0.05) is 6.07 Å². The van der Waals surface area contributed by atoms with Crippen molar-refractivity contribution < 1.29 is 9.31 Å². The van der Waals surface area contributed by atoms with Crippen LogP contribution in [0.25, 0.3) is 10.8 Å². The summed E-state index contributed by atoms with van der Waals surface area (Å²) in [4.78, 5) is 23.3. The van der Waals surface area contributed by atoms with E-state index < -0.39 is 22.0 Å². The Bertz CT molecular complexity index is 606. The van der Waals surface area contributed by atoms with Crippen molar-refractivity contribution in [3.05, 3.63) is 50.7 Å². The highest BCUT2D eigenvalue weighted by Crippen LogP contribution is 2.24. The molecule has 1 aromatic heterocycles. The van der Waals surface area contributed by atoms with E-state index in [9.17, 15) is 19.3 Å². The summed E-state index contributed by atoms with van der Waals surface area (Å²) >= 11 is 0. The van der Waals surface area contributed by atoms with Crippen molar-refractivity contribution in [1.29, 1.82) is 0 Å². The van der Waals surface area contributed by atoms with Gasteiger partial charge in [0.2, 0.25) is 0 Å². The number of nitro groups is 1. The maximum absolute atomic E-state index is 13.3. The number of aromatic nitrogens is 1. The second kappa shape index (κ2) is 3.16. The number of hydrogen-bond acceptors (Lipinski definition) is 3. The second-order valence-electron chi connectivity index (χ2n) is 2.92. The summed E-state index contributed by atoms with van der Waals surface area (Å²) in [5, 5.41) is 10.3. The number of nitrogens with one attached hydrogen (secondary N) is 1. The molecule has 0 spiro atoms. The predicted molar refractivity (Wildman–Crippen MR) is 51.2 cm³/mol. The highest BCUT2D eigenvalue weighted by atomic mass is 19.1. The van der Waals surface area contributed by atoms with E-state index >= 15 is 0 Å². The van der Waals surface area contributed by atoms with E-state index in [4.69, 9.17) is 0 Å². The fourth-order valence-electron chi connectivity index (χ4n) is 1.40. The molecule has 15 heavy (non-hydrogen) atoms. The van der Waals surface area contributed by atoms with Gasteiger partial charge in [0.25, 0.3) is 11.2 Å². The molecule has 6 heteroatoms. The Labute approximate surface area is 82.3 Å². The summed E-state index contributed by atoms with van der Waals surface area (Å²) in [5.41, 5.74) is -0.988. The Balaban J connectivity index is 3.03. The molecule has 1 heterocycles. The highest BCUT2D eigenvalue weighted by molar-refractivity contribution is 5.90. The third kappa shape index (κ3) is 1.35. The van der Waals surface area contributed by atoms with E-state index in [1.807, 2.05) is 0 Å². The summed E-state index contributed by atoms with van der Waals surface area (Å²) in [5.74, 6) is -0.773. The normalized spacial score (nSPS) is 10.5. The molecule has 0 bridgehead atoms. The van der Waals surface area contributed by atoms with E-state index in [2.05, 4.69) is 4.98 Å². The number of halogens is 1. The average Bonchev–Trinajstić information content (AvgIpc) is 2.19. The minimum absolute atomic E-state index is 0.0239. The summed E-state index contributed by atoms with van der Waals surface area (Å²) in [7, 11) is 0. The van der Waals surface area contributed by atoms with Crippen molar-refractivity contribution in [2.75, 3.05) is 0 Å². The Morgan fingerprint density at radius 3 is 2.80 bits per heavy atom. The first-order valence-electron chi connectivity index (χ1n) is 4.05. The summed E-state index contributed by atoms with van der Waals surface area (Å²) in [6.45, 7) is 0. The largest absolute Gasteiger partial charge is 0.322 e. The molecule has 0 unspecified atom stereocenters. The van der Waals surface area contributed by atoms with Crippen LogP contribution in [0, 0.1) is 15.9 Å². The Morgan fingerprint density at radius 2 is 2.13 bits per heavy atom. The van der Waals surface area contributed by atoms with Gasteiger partial charge in [-0.15, -0.1) is 0 Å². The third-order valence-electron chi connectivity index (χ3n) is 2.05. The number of H-pyrrole nitrogens is 1. The molecule has 1 N–H and O–H groups in total. The molecule has 5 nitrogen and oxygen atoms in total. The number of fused-ring (bicyclic) bond motifs is 1. The zero-order valence-corrected chi connectivity index (χ0v) is 7.36. The van der Waals surface area contributed by atoms with Gasteiger partial charge in [-0.05, 0) is 12.1 Å². The van der Waals surface area contributed by atoms with Crippen LogP contribution >= 0.6 is 0 Å². The van der Waals surface area contributed by atoms with Crippen LogP contribution in [0.3, 0.4) is 0 Å². The van der Waals surface area contributed by atoms with Crippen LogP contribution in [0.4, 0.5) is 10.1 Å². The Hall–Kier alpha value is -2.24. The molecule has 1 aromatic carbocycles. The van der Waals surface area contributed by atoms with Gasteiger partial charge < -0.3 is 4.98 Å². The molecule has 0 saturated heterocycles. The van der Waals surface area contributed by atoms with Crippen LogP contribution in [-0.4, -0.2) is 9.91 Å². The minimum atomic E-state index is -0.773. The smallest absolute Gasteiger partial charge is 0.296 e. The van der Waals surface area contributed by atoms with Gasteiger partial charge in [0.15, 0.2) is 0 Å². The molecule has 0 amide bonds. The second-order valence-corrected chi connectivity index (χ2v) is 2.92. The van der Waals surface area contributed by atoms with Gasteiger partial charge in [0.05, 0.1) is 16.5 Å². The fraction of sp³-hybridized carbons (Fsp3) is 0. The van der Waals surface area contributed by atoms with Crippen LogP contribution in [0.5, 0.6) is 0 Å². The van der Waals surface area contributed by atoms with Crippen LogP contribution in [0.1, 0.15) is 0 Å². The molecule has 0 aliphatic carbocycles. The average molecular weight is 208 g/mol. The molecule has 0 saturated carbocycles. The van der Waals surface area contributed by atoms with Crippen molar-refractivity contribution in [3.63, 3.8) is 0 Å². The minimum Gasteiger partial charge on any atom is -0.322 e. The van der Waals surface area contributed by atoms with Crippen LogP contribution in [-0.2, 0) is 0 Å². The maximum atomic E-state index is 13.3. The van der Waals surface area contributed by atoms with Gasteiger partial charge in [-0.25, -0.2) is 4.39 Å². The van der Waals surface area contributed by atoms with Crippen molar-refractivity contribution >= 4 is 16.5 Å². The van der Waals surface area contributed by atoms with E-state index in [0.29, 0.717) is 0 Å². The van der Waals surface area contributed by atoms with Crippen LogP contribution in [0.15, 0.2) is 29.2 Å². The van der Waals surface area contributed by atoms with Gasteiger partial charge in [-0.2, -0.15) is 0 Å². The van der Waals surface area contributed by atoms with Gasteiger partial charge in [0, 0.05) is 0 Å². The van der Waals surface area contributed by atoms with Crippen LogP contribution in [0.2, 0.25) is 0 Å². The maximum Gasteiger partial charge on any atom is 0.296 e. The zero-order valence-electron chi connectivity index (χ0n) is 7.36. The number of hydrogen-bond donors (Lipinski definition) is 1. The zero-order chi connectivity index (χ0) is 11.0. The lowest BCUT2D eigenvalue weighted by molar-refractivity contribution is -0.383. The van der Waals surface area contributed by atoms with Crippen molar-refractivity contribution in [2.24, 2.45) is 0 Å². The van der Waals surface area contributed by atoms with E-state index in [-0.39, 0.29) is 10.8 Å². The number of pyridine rings is 1. The lowest BCUT2D eigenvalue weighted by Crippen LogP contribution is -2.07. The fourth-order valence-corrected chi connectivity index (χ4v) is 1.40. The summed E-state index contributed by atoms with van der Waals surface area (Å²) in [6.07, 6.45) is 0.897. The molecule has 2 aromatic rings. The molecule has 2 rings (SSSR count). The highest BCUT2D eigenvalue weighted by Gasteiger charge is 2.17. The lowest BCUT2D eigenvalue weighted by Gasteiger charge is -1.99. The first-order valence-corrected chi connectivity index (χ1v) is 4.05. The monoisotopic (exact) mass is 208 g/mol.